The predicted octanol–water partition coefficient (Wildman–Crippen LogP) is 3.38. The van der Waals surface area contributed by atoms with E-state index in [0.717, 1.165) is 28.5 Å². The topological polar surface area (TPSA) is 64.2 Å². The van der Waals surface area contributed by atoms with Gasteiger partial charge in [-0.15, -0.1) is 11.3 Å². The summed E-state index contributed by atoms with van der Waals surface area (Å²) < 4.78 is 3.79. The first-order chi connectivity index (χ1) is 12.7. The first-order valence-electron chi connectivity index (χ1n) is 8.49. The van der Waals surface area contributed by atoms with E-state index in [1.165, 1.54) is 5.56 Å². The smallest absolute Gasteiger partial charge is 0.255 e. The number of imidazole rings is 1. The number of benzene rings is 1. The van der Waals surface area contributed by atoms with Crippen molar-refractivity contribution in [2.75, 3.05) is 0 Å². The van der Waals surface area contributed by atoms with Crippen LogP contribution in [0.4, 0.5) is 0 Å². The van der Waals surface area contributed by atoms with Crippen LogP contribution >= 0.6 is 11.3 Å². The molecule has 4 rings (SSSR count). The molecule has 0 fully saturated rings. The first kappa shape index (κ1) is 16.5. The number of aryl methyl sites for hydroxylation is 1. The SMILES string of the molecule is CCc1c(C(=O)NCc2cn3ccsc3n2)cnn1-c1ccc(C)cc1. The van der Waals surface area contributed by atoms with Gasteiger partial charge in [-0.3, -0.25) is 9.20 Å². The molecule has 3 heterocycles. The summed E-state index contributed by atoms with van der Waals surface area (Å²) in [6.07, 6.45) is 6.25. The van der Waals surface area contributed by atoms with Crippen molar-refractivity contribution in [3.05, 3.63) is 70.8 Å². The van der Waals surface area contributed by atoms with E-state index in [-0.39, 0.29) is 5.91 Å². The van der Waals surface area contributed by atoms with Crippen LogP contribution in [0.1, 0.15) is 34.2 Å². The van der Waals surface area contributed by atoms with Gasteiger partial charge in [0.05, 0.1) is 35.4 Å². The standard InChI is InChI=1S/C19H19N5OS/c1-3-17-16(11-21-24(17)15-6-4-13(2)5-7-15)18(25)20-10-14-12-23-8-9-26-19(23)22-14/h4-9,11-12H,3,10H2,1-2H3,(H,20,25). The molecular weight excluding hydrogens is 346 g/mol. The Balaban J connectivity index is 1.53. The molecule has 1 aromatic carbocycles. The van der Waals surface area contributed by atoms with Crippen molar-refractivity contribution >= 4 is 22.2 Å². The minimum atomic E-state index is -0.128. The van der Waals surface area contributed by atoms with Crippen LogP contribution in [0, 0.1) is 6.92 Å². The molecule has 7 heteroatoms. The van der Waals surface area contributed by atoms with Crippen molar-refractivity contribution in [1.29, 1.82) is 0 Å². The summed E-state index contributed by atoms with van der Waals surface area (Å²) >= 11 is 1.57. The molecule has 0 saturated heterocycles. The van der Waals surface area contributed by atoms with Gasteiger partial charge in [0.15, 0.2) is 4.96 Å². The van der Waals surface area contributed by atoms with E-state index in [1.54, 1.807) is 17.5 Å². The lowest BCUT2D eigenvalue weighted by Crippen LogP contribution is -2.24. The fourth-order valence-electron chi connectivity index (χ4n) is 2.94. The zero-order chi connectivity index (χ0) is 18.1. The number of carbonyl (C=O) groups excluding carboxylic acids is 1. The predicted molar refractivity (Wildman–Crippen MR) is 102 cm³/mol. The van der Waals surface area contributed by atoms with Gasteiger partial charge >= 0.3 is 0 Å². The van der Waals surface area contributed by atoms with Gasteiger partial charge in [-0.05, 0) is 25.5 Å². The summed E-state index contributed by atoms with van der Waals surface area (Å²) in [5.41, 5.74) is 4.50. The van der Waals surface area contributed by atoms with Gasteiger partial charge in [-0.25, -0.2) is 9.67 Å². The second kappa shape index (κ2) is 6.76. The summed E-state index contributed by atoms with van der Waals surface area (Å²) in [6, 6.07) is 8.11. The minimum Gasteiger partial charge on any atom is -0.346 e. The van der Waals surface area contributed by atoms with Crippen molar-refractivity contribution in [1.82, 2.24) is 24.5 Å². The number of nitrogens with one attached hydrogen (secondary N) is 1. The number of carbonyl (C=O) groups is 1. The molecule has 6 nitrogen and oxygen atoms in total. The second-order valence-corrected chi connectivity index (χ2v) is 6.99. The molecule has 132 valence electrons. The highest BCUT2D eigenvalue weighted by Gasteiger charge is 2.17. The number of thiazole rings is 1. The summed E-state index contributed by atoms with van der Waals surface area (Å²) in [5, 5.41) is 9.36. The van der Waals surface area contributed by atoms with Gasteiger partial charge in [0, 0.05) is 17.8 Å². The zero-order valence-corrected chi connectivity index (χ0v) is 15.5. The Morgan fingerprint density at radius 2 is 2.08 bits per heavy atom. The van der Waals surface area contributed by atoms with E-state index >= 15 is 0 Å². The molecule has 0 unspecified atom stereocenters. The first-order valence-corrected chi connectivity index (χ1v) is 9.37. The molecule has 0 aliphatic rings. The highest BCUT2D eigenvalue weighted by Crippen LogP contribution is 2.17. The molecule has 0 saturated carbocycles. The normalized spacial score (nSPS) is 11.2. The average Bonchev–Trinajstić information content (AvgIpc) is 3.34. The Labute approximate surface area is 155 Å². The third kappa shape index (κ3) is 3.01. The van der Waals surface area contributed by atoms with E-state index in [1.807, 2.05) is 65.0 Å². The van der Waals surface area contributed by atoms with Crippen LogP contribution in [0.5, 0.6) is 0 Å². The molecule has 1 N–H and O–H groups in total. The molecule has 0 spiro atoms. The third-order valence-electron chi connectivity index (χ3n) is 4.30. The molecule has 3 aromatic heterocycles. The second-order valence-electron chi connectivity index (χ2n) is 6.11. The van der Waals surface area contributed by atoms with Gasteiger partial charge in [-0.2, -0.15) is 5.10 Å². The van der Waals surface area contributed by atoms with Crippen molar-refractivity contribution < 1.29 is 4.79 Å². The van der Waals surface area contributed by atoms with Crippen LogP contribution in [0.3, 0.4) is 0 Å². The van der Waals surface area contributed by atoms with Crippen LogP contribution in [0.2, 0.25) is 0 Å². The maximum Gasteiger partial charge on any atom is 0.255 e. The zero-order valence-electron chi connectivity index (χ0n) is 14.6. The third-order valence-corrected chi connectivity index (χ3v) is 5.07. The van der Waals surface area contributed by atoms with E-state index in [0.29, 0.717) is 12.1 Å². The maximum absolute atomic E-state index is 12.7. The lowest BCUT2D eigenvalue weighted by molar-refractivity contribution is 0.0949. The Kier molecular flexibility index (Phi) is 4.30. The van der Waals surface area contributed by atoms with Crippen molar-refractivity contribution in [2.24, 2.45) is 0 Å². The molecule has 4 aromatic rings. The fraction of sp³-hybridized carbons (Fsp3) is 0.211. The molecule has 0 atom stereocenters. The molecule has 0 aliphatic carbocycles. The molecule has 0 radical (unpaired) electrons. The molecule has 0 aliphatic heterocycles. The summed E-state index contributed by atoms with van der Waals surface area (Å²) in [7, 11) is 0. The van der Waals surface area contributed by atoms with E-state index < -0.39 is 0 Å². The number of amides is 1. The van der Waals surface area contributed by atoms with Crippen LogP contribution in [0.25, 0.3) is 10.6 Å². The van der Waals surface area contributed by atoms with Crippen LogP contribution in [0.15, 0.2) is 48.2 Å². The van der Waals surface area contributed by atoms with E-state index in [2.05, 4.69) is 15.4 Å². The van der Waals surface area contributed by atoms with Gasteiger partial charge in [0.1, 0.15) is 0 Å². The molecule has 0 bridgehead atoms. The lowest BCUT2D eigenvalue weighted by atomic mass is 10.1. The summed E-state index contributed by atoms with van der Waals surface area (Å²) in [5.74, 6) is -0.128. The van der Waals surface area contributed by atoms with E-state index in [9.17, 15) is 4.79 Å². The Hall–Kier alpha value is -2.93. The van der Waals surface area contributed by atoms with Crippen LogP contribution in [-0.4, -0.2) is 25.1 Å². The molecule has 1 amide bonds. The van der Waals surface area contributed by atoms with Gasteiger partial charge < -0.3 is 5.32 Å². The Bertz CT molecular complexity index is 1030. The van der Waals surface area contributed by atoms with Crippen molar-refractivity contribution in [2.45, 2.75) is 26.8 Å². The lowest BCUT2D eigenvalue weighted by Gasteiger charge is -2.08. The highest BCUT2D eigenvalue weighted by atomic mass is 32.1. The molecule has 26 heavy (non-hydrogen) atoms. The number of fused-ring (bicyclic) bond motifs is 1. The quantitative estimate of drug-likeness (QED) is 0.590. The number of hydrogen-bond acceptors (Lipinski definition) is 4. The average molecular weight is 365 g/mol. The number of nitrogens with zero attached hydrogens (tertiary/aromatic N) is 4. The number of aromatic nitrogens is 4. The fourth-order valence-corrected chi connectivity index (χ4v) is 3.66. The van der Waals surface area contributed by atoms with Crippen molar-refractivity contribution in [3.63, 3.8) is 0 Å². The summed E-state index contributed by atoms with van der Waals surface area (Å²) in [4.78, 5) is 18.1. The largest absolute Gasteiger partial charge is 0.346 e. The summed E-state index contributed by atoms with van der Waals surface area (Å²) in [6.45, 7) is 4.47. The van der Waals surface area contributed by atoms with Gasteiger partial charge in [-0.1, -0.05) is 24.6 Å². The maximum atomic E-state index is 12.7. The number of hydrogen-bond donors (Lipinski definition) is 1. The highest BCUT2D eigenvalue weighted by molar-refractivity contribution is 7.15. The van der Waals surface area contributed by atoms with Gasteiger partial charge in [0.2, 0.25) is 0 Å². The Morgan fingerprint density at radius 3 is 2.81 bits per heavy atom. The van der Waals surface area contributed by atoms with Crippen molar-refractivity contribution in [3.8, 4) is 5.69 Å². The van der Waals surface area contributed by atoms with Crippen LogP contribution < -0.4 is 5.32 Å². The monoisotopic (exact) mass is 365 g/mol. The molecular formula is C19H19N5OS. The Morgan fingerprint density at radius 1 is 1.27 bits per heavy atom. The minimum absolute atomic E-state index is 0.128. The van der Waals surface area contributed by atoms with Crippen LogP contribution in [-0.2, 0) is 13.0 Å². The van der Waals surface area contributed by atoms with Gasteiger partial charge in [0.25, 0.3) is 5.91 Å². The van der Waals surface area contributed by atoms with E-state index in [4.69, 9.17) is 0 Å². The number of rotatable bonds is 5.